The van der Waals surface area contributed by atoms with Gasteiger partial charge in [0.25, 0.3) is 0 Å². The fourth-order valence-electron chi connectivity index (χ4n) is 2.06. The summed E-state index contributed by atoms with van der Waals surface area (Å²) in [7, 11) is 0. The molecule has 0 bridgehead atoms. The van der Waals surface area contributed by atoms with Crippen molar-refractivity contribution in [2.75, 3.05) is 6.61 Å². The van der Waals surface area contributed by atoms with Gasteiger partial charge in [0, 0.05) is 18.2 Å². The van der Waals surface area contributed by atoms with Crippen molar-refractivity contribution in [1.29, 1.82) is 0 Å². The molecule has 0 saturated carbocycles. The van der Waals surface area contributed by atoms with E-state index in [0.717, 1.165) is 11.3 Å². The summed E-state index contributed by atoms with van der Waals surface area (Å²) in [5.41, 5.74) is 1.85. The molecule has 0 aliphatic rings. The number of halogens is 1. The van der Waals surface area contributed by atoms with Crippen LogP contribution in [-0.4, -0.2) is 16.6 Å². The van der Waals surface area contributed by atoms with E-state index in [1.54, 1.807) is 6.07 Å². The van der Waals surface area contributed by atoms with Gasteiger partial charge in [-0.25, -0.2) is 9.97 Å². The summed E-state index contributed by atoms with van der Waals surface area (Å²) in [6.07, 6.45) is -0.138. The quantitative estimate of drug-likeness (QED) is 0.759. The summed E-state index contributed by atoms with van der Waals surface area (Å²) in [6.45, 7) is 6.77. The zero-order valence-electron chi connectivity index (χ0n) is 12.0. The minimum absolute atomic E-state index is 0.138. The molecule has 0 saturated heterocycles. The van der Waals surface area contributed by atoms with Crippen LogP contribution in [0.25, 0.3) is 11.3 Å². The summed E-state index contributed by atoms with van der Waals surface area (Å²) < 4.78 is 5.75. The first-order valence-corrected chi connectivity index (χ1v) is 7.21. The lowest BCUT2D eigenvalue weighted by molar-refractivity contribution is 0.0233. The smallest absolute Gasteiger partial charge is 0.159 e. The van der Waals surface area contributed by atoms with E-state index in [4.69, 9.17) is 16.3 Å². The Kier molecular flexibility index (Phi) is 5.10. The Bertz CT molecular complexity index is 558. The highest BCUT2D eigenvalue weighted by atomic mass is 35.5. The van der Waals surface area contributed by atoms with E-state index in [9.17, 15) is 0 Å². The van der Waals surface area contributed by atoms with E-state index in [1.807, 2.05) is 37.3 Å². The molecule has 1 atom stereocenters. The molecule has 20 heavy (non-hydrogen) atoms. The third-order valence-electron chi connectivity index (χ3n) is 2.99. The standard InChI is InChI=1S/C16H19ClN2O/c1-4-20-15(11(2)3)16-18-13(10-14(17)19-16)12-8-6-5-7-9-12/h5-11,15H,4H2,1-3H3. The van der Waals surface area contributed by atoms with Gasteiger partial charge in [-0.05, 0) is 12.8 Å². The average molecular weight is 291 g/mol. The van der Waals surface area contributed by atoms with Gasteiger partial charge in [-0.2, -0.15) is 0 Å². The van der Waals surface area contributed by atoms with E-state index < -0.39 is 0 Å². The first kappa shape index (κ1) is 14.9. The molecule has 0 radical (unpaired) electrons. The van der Waals surface area contributed by atoms with Gasteiger partial charge < -0.3 is 4.74 Å². The van der Waals surface area contributed by atoms with Crippen molar-refractivity contribution in [3.63, 3.8) is 0 Å². The van der Waals surface area contributed by atoms with Gasteiger partial charge in [0.15, 0.2) is 5.82 Å². The van der Waals surface area contributed by atoms with Crippen LogP contribution in [-0.2, 0) is 4.74 Å². The molecule has 0 aliphatic heterocycles. The Morgan fingerprint density at radius 3 is 2.45 bits per heavy atom. The van der Waals surface area contributed by atoms with Crippen LogP contribution in [0.2, 0.25) is 5.15 Å². The van der Waals surface area contributed by atoms with Crippen molar-refractivity contribution in [2.24, 2.45) is 5.92 Å². The second-order valence-corrected chi connectivity index (χ2v) is 5.31. The number of nitrogens with zero attached hydrogens (tertiary/aromatic N) is 2. The topological polar surface area (TPSA) is 35.0 Å². The van der Waals surface area contributed by atoms with E-state index >= 15 is 0 Å². The zero-order chi connectivity index (χ0) is 14.5. The molecule has 0 N–H and O–H groups in total. The van der Waals surface area contributed by atoms with Gasteiger partial charge in [-0.1, -0.05) is 55.8 Å². The van der Waals surface area contributed by atoms with Crippen LogP contribution in [0.3, 0.4) is 0 Å². The normalized spacial score (nSPS) is 12.7. The fraction of sp³-hybridized carbons (Fsp3) is 0.375. The van der Waals surface area contributed by atoms with Crippen molar-refractivity contribution in [3.05, 3.63) is 47.4 Å². The Labute approximate surface area is 125 Å². The van der Waals surface area contributed by atoms with Gasteiger partial charge >= 0.3 is 0 Å². The Hall–Kier alpha value is -1.45. The molecule has 1 aromatic carbocycles. The molecular formula is C16H19ClN2O. The molecule has 0 aliphatic carbocycles. The zero-order valence-corrected chi connectivity index (χ0v) is 12.8. The Balaban J connectivity index is 2.43. The van der Waals surface area contributed by atoms with Crippen molar-refractivity contribution in [3.8, 4) is 11.3 Å². The number of rotatable bonds is 5. The summed E-state index contributed by atoms with van der Waals surface area (Å²) >= 11 is 6.14. The monoisotopic (exact) mass is 290 g/mol. The molecule has 2 aromatic rings. The maximum atomic E-state index is 6.14. The summed E-state index contributed by atoms with van der Waals surface area (Å²) in [6, 6.07) is 11.7. The first-order valence-electron chi connectivity index (χ1n) is 6.83. The van der Waals surface area contributed by atoms with Crippen molar-refractivity contribution < 1.29 is 4.74 Å². The maximum Gasteiger partial charge on any atom is 0.159 e. The number of benzene rings is 1. The van der Waals surface area contributed by atoms with Crippen molar-refractivity contribution in [2.45, 2.75) is 26.9 Å². The van der Waals surface area contributed by atoms with Gasteiger partial charge in [-0.15, -0.1) is 0 Å². The second kappa shape index (κ2) is 6.82. The van der Waals surface area contributed by atoms with Crippen LogP contribution in [0.1, 0.15) is 32.7 Å². The number of hydrogen-bond donors (Lipinski definition) is 0. The third-order valence-corrected chi connectivity index (χ3v) is 3.18. The predicted octanol–water partition coefficient (Wildman–Crippen LogP) is 4.53. The number of ether oxygens (including phenoxy) is 1. The number of hydrogen-bond acceptors (Lipinski definition) is 3. The highest BCUT2D eigenvalue weighted by molar-refractivity contribution is 6.29. The van der Waals surface area contributed by atoms with Crippen LogP contribution in [0.5, 0.6) is 0 Å². The predicted molar refractivity (Wildman–Crippen MR) is 81.7 cm³/mol. The number of aromatic nitrogens is 2. The lowest BCUT2D eigenvalue weighted by Crippen LogP contribution is -2.15. The van der Waals surface area contributed by atoms with Crippen LogP contribution in [0, 0.1) is 5.92 Å². The SMILES string of the molecule is CCOC(c1nc(Cl)cc(-c2ccccc2)n1)C(C)C. The van der Waals surface area contributed by atoms with Crippen LogP contribution in [0.4, 0.5) is 0 Å². The van der Waals surface area contributed by atoms with Crippen LogP contribution < -0.4 is 0 Å². The summed E-state index contributed by atoms with van der Waals surface area (Å²) in [5.74, 6) is 0.935. The largest absolute Gasteiger partial charge is 0.370 e. The highest BCUT2D eigenvalue weighted by Gasteiger charge is 2.20. The minimum Gasteiger partial charge on any atom is -0.370 e. The lowest BCUT2D eigenvalue weighted by Gasteiger charge is -2.20. The molecule has 1 aromatic heterocycles. The maximum absolute atomic E-state index is 6.14. The van der Waals surface area contributed by atoms with Gasteiger partial charge in [0.2, 0.25) is 0 Å². The minimum atomic E-state index is -0.138. The molecule has 0 spiro atoms. The molecular weight excluding hydrogens is 272 g/mol. The molecule has 1 unspecified atom stereocenters. The molecule has 4 heteroatoms. The van der Waals surface area contributed by atoms with Crippen LogP contribution in [0.15, 0.2) is 36.4 Å². The van der Waals surface area contributed by atoms with E-state index in [-0.39, 0.29) is 12.0 Å². The van der Waals surface area contributed by atoms with E-state index in [2.05, 4.69) is 23.8 Å². The molecule has 1 heterocycles. The molecule has 0 amide bonds. The van der Waals surface area contributed by atoms with Crippen molar-refractivity contribution >= 4 is 11.6 Å². The third kappa shape index (κ3) is 3.56. The van der Waals surface area contributed by atoms with Crippen LogP contribution >= 0.6 is 11.6 Å². The van der Waals surface area contributed by atoms with E-state index in [1.165, 1.54) is 0 Å². The lowest BCUT2D eigenvalue weighted by atomic mass is 10.1. The highest BCUT2D eigenvalue weighted by Crippen LogP contribution is 2.27. The summed E-state index contributed by atoms with van der Waals surface area (Å²) in [5, 5.41) is 0.444. The first-order chi connectivity index (χ1) is 9.61. The molecule has 3 nitrogen and oxygen atoms in total. The van der Waals surface area contributed by atoms with Gasteiger partial charge in [0.05, 0.1) is 5.69 Å². The molecule has 106 valence electrons. The molecule has 2 rings (SSSR count). The summed E-state index contributed by atoms with van der Waals surface area (Å²) in [4.78, 5) is 8.95. The molecule has 0 fully saturated rings. The van der Waals surface area contributed by atoms with Crippen molar-refractivity contribution in [1.82, 2.24) is 9.97 Å². The van der Waals surface area contributed by atoms with Gasteiger partial charge in [-0.3, -0.25) is 0 Å². The van der Waals surface area contributed by atoms with Gasteiger partial charge in [0.1, 0.15) is 11.3 Å². The Morgan fingerprint density at radius 2 is 1.85 bits per heavy atom. The second-order valence-electron chi connectivity index (χ2n) is 4.92. The van der Waals surface area contributed by atoms with E-state index in [0.29, 0.717) is 17.6 Å². The average Bonchev–Trinajstić information content (AvgIpc) is 2.44. The fourth-order valence-corrected chi connectivity index (χ4v) is 2.25. The Morgan fingerprint density at radius 1 is 1.15 bits per heavy atom.